The Kier molecular flexibility index (Phi) is 4.04. The highest BCUT2D eigenvalue weighted by atomic mass is 16.5. The summed E-state index contributed by atoms with van der Waals surface area (Å²) in [5.74, 6) is 2.75. The van der Waals surface area contributed by atoms with E-state index in [9.17, 15) is 0 Å². The molecule has 0 aromatic carbocycles. The van der Waals surface area contributed by atoms with Crippen molar-refractivity contribution in [1.29, 1.82) is 0 Å². The van der Waals surface area contributed by atoms with Crippen LogP contribution in [-0.4, -0.2) is 23.1 Å². The summed E-state index contributed by atoms with van der Waals surface area (Å²) in [5.41, 5.74) is 0.931. The summed E-state index contributed by atoms with van der Waals surface area (Å²) >= 11 is 0. The second-order valence-electron chi connectivity index (χ2n) is 5.39. The quantitative estimate of drug-likeness (QED) is 0.894. The molecule has 1 saturated carbocycles. The average molecular weight is 249 g/mol. The first-order chi connectivity index (χ1) is 8.60. The van der Waals surface area contributed by atoms with Crippen LogP contribution in [0.25, 0.3) is 0 Å². The first-order valence-electron chi connectivity index (χ1n) is 6.76. The zero-order chi connectivity index (χ0) is 13.1. The van der Waals surface area contributed by atoms with Crippen LogP contribution in [0.1, 0.15) is 38.8 Å². The molecule has 18 heavy (non-hydrogen) atoms. The molecule has 0 bridgehead atoms. The van der Waals surface area contributed by atoms with Crippen LogP contribution >= 0.6 is 0 Å². The van der Waals surface area contributed by atoms with E-state index in [-0.39, 0.29) is 0 Å². The zero-order valence-electron chi connectivity index (χ0n) is 11.7. The summed E-state index contributed by atoms with van der Waals surface area (Å²) in [7, 11) is 1.64. The number of rotatable bonds is 3. The Morgan fingerprint density at radius 1 is 1.28 bits per heavy atom. The summed E-state index contributed by atoms with van der Waals surface area (Å²) in [6.45, 7) is 6.60. The van der Waals surface area contributed by atoms with Crippen LogP contribution in [0.5, 0.6) is 5.88 Å². The molecule has 2 rings (SSSR count). The Hall–Kier alpha value is -1.32. The molecule has 1 N–H and O–H groups in total. The van der Waals surface area contributed by atoms with E-state index in [1.165, 1.54) is 19.3 Å². The van der Waals surface area contributed by atoms with E-state index in [1.807, 2.05) is 13.0 Å². The molecular formula is C14H23N3O. The largest absolute Gasteiger partial charge is 0.481 e. The molecule has 0 aliphatic heterocycles. The smallest absolute Gasteiger partial charge is 0.226 e. The molecule has 0 amide bonds. The molecule has 0 saturated heterocycles. The molecule has 3 atom stereocenters. The molecule has 1 aliphatic rings. The molecular weight excluding hydrogens is 226 g/mol. The number of aromatic nitrogens is 2. The Bertz CT molecular complexity index is 408. The van der Waals surface area contributed by atoms with Crippen LogP contribution < -0.4 is 10.1 Å². The van der Waals surface area contributed by atoms with Crippen molar-refractivity contribution >= 4 is 5.95 Å². The highest BCUT2D eigenvalue weighted by molar-refractivity contribution is 5.32. The van der Waals surface area contributed by atoms with E-state index in [1.54, 1.807) is 7.11 Å². The van der Waals surface area contributed by atoms with Crippen LogP contribution in [0.3, 0.4) is 0 Å². The third-order valence-corrected chi connectivity index (χ3v) is 4.06. The van der Waals surface area contributed by atoms with Gasteiger partial charge in [-0.15, -0.1) is 0 Å². The third kappa shape index (κ3) is 2.92. The predicted molar refractivity (Wildman–Crippen MR) is 72.9 cm³/mol. The highest BCUT2D eigenvalue weighted by Gasteiger charge is 2.27. The molecule has 4 nitrogen and oxygen atoms in total. The molecule has 1 fully saturated rings. The molecule has 1 aliphatic carbocycles. The lowest BCUT2D eigenvalue weighted by Crippen LogP contribution is -2.35. The SMILES string of the molecule is COc1cc(C)nc(NC2CCCC(C)C2C)n1. The minimum Gasteiger partial charge on any atom is -0.481 e. The zero-order valence-corrected chi connectivity index (χ0v) is 11.7. The Morgan fingerprint density at radius 2 is 2.06 bits per heavy atom. The van der Waals surface area contributed by atoms with Gasteiger partial charge in [0, 0.05) is 17.8 Å². The summed E-state index contributed by atoms with van der Waals surface area (Å²) in [5, 5.41) is 3.47. The fourth-order valence-corrected chi connectivity index (χ4v) is 2.66. The third-order valence-electron chi connectivity index (χ3n) is 4.06. The van der Waals surface area contributed by atoms with Crippen molar-refractivity contribution in [2.45, 2.75) is 46.1 Å². The predicted octanol–water partition coefficient (Wildman–Crippen LogP) is 3.03. The maximum atomic E-state index is 5.18. The van der Waals surface area contributed by atoms with Crippen molar-refractivity contribution < 1.29 is 4.74 Å². The minimum absolute atomic E-state index is 0.472. The lowest BCUT2D eigenvalue weighted by atomic mass is 9.78. The van der Waals surface area contributed by atoms with Crippen LogP contribution in [-0.2, 0) is 0 Å². The molecule has 4 heteroatoms. The summed E-state index contributed by atoms with van der Waals surface area (Å²) in [6.07, 6.45) is 3.81. The summed E-state index contributed by atoms with van der Waals surface area (Å²) in [4.78, 5) is 8.79. The molecule has 1 aromatic rings. The van der Waals surface area contributed by atoms with Gasteiger partial charge < -0.3 is 10.1 Å². The van der Waals surface area contributed by atoms with Gasteiger partial charge in [-0.05, 0) is 25.2 Å². The number of aryl methyl sites for hydroxylation is 1. The van der Waals surface area contributed by atoms with E-state index in [2.05, 4.69) is 29.1 Å². The van der Waals surface area contributed by atoms with E-state index in [4.69, 9.17) is 4.74 Å². The van der Waals surface area contributed by atoms with Gasteiger partial charge in [0.25, 0.3) is 0 Å². The van der Waals surface area contributed by atoms with E-state index >= 15 is 0 Å². The Balaban J connectivity index is 2.10. The maximum absolute atomic E-state index is 5.18. The van der Waals surface area contributed by atoms with Gasteiger partial charge in [0.15, 0.2) is 0 Å². The van der Waals surface area contributed by atoms with Gasteiger partial charge in [0.2, 0.25) is 11.8 Å². The number of ether oxygens (including phenoxy) is 1. The summed E-state index contributed by atoms with van der Waals surface area (Å²) < 4.78 is 5.18. The van der Waals surface area contributed by atoms with Gasteiger partial charge in [-0.3, -0.25) is 0 Å². The topological polar surface area (TPSA) is 47.0 Å². The maximum Gasteiger partial charge on any atom is 0.226 e. The first-order valence-corrected chi connectivity index (χ1v) is 6.76. The van der Waals surface area contributed by atoms with Crippen LogP contribution in [0.4, 0.5) is 5.95 Å². The Labute approximate surface area is 109 Å². The lowest BCUT2D eigenvalue weighted by Gasteiger charge is -2.34. The van der Waals surface area contributed by atoms with Crippen LogP contribution in [0, 0.1) is 18.8 Å². The van der Waals surface area contributed by atoms with Gasteiger partial charge in [0.05, 0.1) is 7.11 Å². The average Bonchev–Trinajstić information content (AvgIpc) is 2.34. The van der Waals surface area contributed by atoms with Gasteiger partial charge in [0.1, 0.15) is 0 Å². The van der Waals surface area contributed by atoms with Crippen molar-refractivity contribution in [2.75, 3.05) is 12.4 Å². The van der Waals surface area contributed by atoms with Gasteiger partial charge in [-0.1, -0.05) is 26.7 Å². The second kappa shape index (κ2) is 5.55. The lowest BCUT2D eigenvalue weighted by molar-refractivity contribution is 0.252. The van der Waals surface area contributed by atoms with E-state index < -0.39 is 0 Å². The number of nitrogens with one attached hydrogen (secondary N) is 1. The molecule has 0 spiro atoms. The van der Waals surface area contributed by atoms with Gasteiger partial charge >= 0.3 is 0 Å². The molecule has 0 radical (unpaired) electrons. The highest BCUT2D eigenvalue weighted by Crippen LogP contribution is 2.31. The van der Waals surface area contributed by atoms with Crippen molar-refractivity contribution in [3.8, 4) is 5.88 Å². The van der Waals surface area contributed by atoms with Crippen molar-refractivity contribution in [2.24, 2.45) is 11.8 Å². The molecule has 1 aromatic heterocycles. The van der Waals surface area contributed by atoms with Crippen molar-refractivity contribution in [3.63, 3.8) is 0 Å². The van der Waals surface area contributed by atoms with E-state index in [0.29, 0.717) is 23.8 Å². The Morgan fingerprint density at radius 3 is 2.78 bits per heavy atom. The number of hydrogen-bond acceptors (Lipinski definition) is 4. The molecule has 3 unspecified atom stereocenters. The monoisotopic (exact) mass is 249 g/mol. The van der Waals surface area contributed by atoms with Crippen LogP contribution in [0.2, 0.25) is 0 Å². The van der Waals surface area contributed by atoms with Crippen molar-refractivity contribution in [1.82, 2.24) is 9.97 Å². The van der Waals surface area contributed by atoms with Gasteiger partial charge in [-0.25, -0.2) is 4.98 Å². The molecule has 1 heterocycles. The van der Waals surface area contributed by atoms with Crippen LogP contribution in [0.15, 0.2) is 6.07 Å². The molecule has 100 valence electrons. The van der Waals surface area contributed by atoms with Crippen molar-refractivity contribution in [3.05, 3.63) is 11.8 Å². The summed E-state index contributed by atoms with van der Waals surface area (Å²) in [6, 6.07) is 2.32. The van der Waals surface area contributed by atoms with E-state index in [0.717, 1.165) is 11.6 Å². The number of nitrogens with zero attached hydrogens (tertiary/aromatic N) is 2. The first kappa shape index (κ1) is 13.1. The number of anilines is 1. The number of methoxy groups -OCH3 is 1. The number of hydrogen-bond donors (Lipinski definition) is 1. The fraction of sp³-hybridized carbons (Fsp3) is 0.714. The van der Waals surface area contributed by atoms with Gasteiger partial charge in [-0.2, -0.15) is 4.98 Å². The minimum atomic E-state index is 0.472. The second-order valence-corrected chi connectivity index (χ2v) is 5.39. The standard InChI is InChI=1S/C14H23N3O/c1-9-6-5-7-12(11(9)3)16-14-15-10(2)8-13(17-14)18-4/h8-9,11-12H,5-7H2,1-4H3,(H,15,16,17). The normalized spacial score (nSPS) is 27.9. The fourth-order valence-electron chi connectivity index (χ4n) is 2.66.